The molecule has 1 atom stereocenters. The Bertz CT molecular complexity index is 793. The van der Waals surface area contributed by atoms with Crippen LogP contribution in [0.5, 0.6) is 11.6 Å². The van der Waals surface area contributed by atoms with Crippen LogP contribution in [0.25, 0.3) is 0 Å². The van der Waals surface area contributed by atoms with Gasteiger partial charge in [-0.3, -0.25) is 14.5 Å². The molecule has 0 saturated carbocycles. The van der Waals surface area contributed by atoms with E-state index in [1.54, 1.807) is 43.5 Å². The average Bonchev–Trinajstić information content (AvgIpc) is 2.61. The van der Waals surface area contributed by atoms with Gasteiger partial charge in [-0.05, 0) is 38.1 Å². The number of hydrogen-bond donors (Lipinski definition) is 1. The number of carbonyl (C=O) groups excluding carboxylic acids is 2. The smallest absolute Gasteiger partial charge is 0.268 e. The Labute approximate surface area is 145 Å². The molecule has 2 amide bonds. The SMILES string of the molecule is CCOc1ncccc1NC(=O)CN1C(=O)[C@H](C)Oc2ccccc21. The number of nitrogens with zero attached hydrogens (tertiary/aromatic N) is 2. The third-order valence-electron chi connectivity index (χ3n) is 3.70. The zero-order valence-corrected chi connectivity index (χ0v) is 14.1. The fourth-order valence-corrected chi connectivity index (χ4v) is 2.59. The summed E-state index contributed by atoms with van der Waals surface area (Å²) < 4.78 is 11.0. The second-order valence-corrected chi connectivity index (χ2v) is 5.49. The van der Waals surface area contributed by atoms with Gasteiger partial charge in [0.2, 0.25) is 11.8 Å². The van der Waals surface area contributed by atoms with Gasteiger partial charge < -0.3 is 14.8 Å². The predicted molar refractivity (Wildman–Crippen MR) is 92.9 cm³/mol. The van der Waals surface area contributed by atoms with Crippen molar-refractivity contribution in [2.45, 2.75) is 20.0 Å². The normalized spacial score (nSPS) is 16.0. The average molecular weight is 341 g/mol. The largest absolute Gasteiger partial charge is 0.479 e. The number of carbonyl (C=O) groups is 2. The highest BCUT2D eigenvalue weighted by Crippen LogP contribution is 2.33. The highest BCUT2D eigenvalue weighted by atomic mass is 16.5. The number of benzene rings is 1. The topological polar surface area (TPSA) is 80.8 Å². The Morgan fingerprint density at radius 1 is 1.32 bits per heavy atom. The Balaban J connectivity index is 1.78. The first kappa shape index (κ1) is 16.8. The minimum absolute atomic E-state index is 0.121. The summed E-state index contributed by atoms with van der Waals surface area (Å²) in [6.07, 6.45) is 0.949. The summed E-state index contributed by atoms with van der Waals surface area (Å²) in [6.45, 7) is 3.82. The van der Waals surface area contributed by atoms with Gasteiger partial charge in [0.25, 0.3) is 5.91 Å². The minimum atomic E-state index is -0.639. The van der Waals surface area contributed by atoms with Gasteiger partial charge in [0.1, 0.15) is 18.0 Å². The molecule has 2 heterocycles. The monoisotopic (exact) mass is 341 g/mol. The van der Waals surface area contributed by atoms with Crippen LogP contribution in [0.1, 0.15) is 13.8 Å². The van der Waals surface area contributed by atoms with Crippen molar-refractivity contribution in [2.24, 2.45) is 0 Å². The van der Waals surface area contributed by atoms with Crippen molar-refractivity contribution in [1.29, 1.82) is 0 Å². The number of para-hydroxylation sites is 2. The molecule has 2 aromatic rings. The number of amides is 2. The van der Waals surface area contributed by atoms with E-state index in [2.05, 4.69) is 10.3 Å². The van der Waals surface area contributed by atoms with Crippen LogP contribution in [0.15, 0.2) is 42.6 Å². The molecule has 7 heteroatoms. The number of fused-ring (bicyclic) bond motifs is 1. The summed E-state index contributed by atoms with van der Waals surface area (Å²) in [7, 11) is 0. The molecule has 0 saturated heterocycles. The molecule has 1 aliphatic heterocycles. The first-order valence-corrected chi connectivity index (χ1v) is 8.05. The van der Waals surface area contributed by atoms with E-state index in [0.29, 0.717) is 29.6 Å². The van der Waals surface area contributed by atoms with Gasteiger partial charge in [-0.1, -0.05) is 12.1 Å². The van der Waals surface area contributed by atoms with Crippen LogP contribution in [0, 0.1) is 0 Å². The lowest BCUT2D eigenvalue weighted by Gasteiger charge is -2.32. The van der Waals surface area contributed by atoms with Gasteiger partial charge in [0, 0.05) is 6.20 Å². The van der Waals surface area contributed by atoms with Gasteiger partial charge in [0.05, 0.1) is 12.3 Å². The summed E-state index contributed by atoms with van der Waals surface area (Å²) in [4.78, 5) is 30.4. The van der Waals surface area contributed by atoms with Crippen molar-refractivity contribution < 1.29 is 19.1 Å². The lowest BCUT2D eigenvalue weighted by atomic mass is 10.2. The second-order valence-electron chi connectivity index (χ2n) is 5.49. The maximum absolute atomic E-state index is 12.5. The predicted octanol–water partition coefficient (Wildman–Crippen LogP) is 2.23. The summed E-state index contributed by atoms with van der Waals surface area (Å²) >= 11 is 0. The first-order valence-electron chi connectivity index (χ1n) is 8.05. The number of rotatable bonds is 5. The standard InChI is InChI=1S/C18H19N3O4/c1-3-24-17-13(7-6-10-19-17)20-16(22)11-21-14-8-4-5-9-15(14)25-12(2)18(21)23/h4-10,12H,3,11H2,1-2H3,(H,20,22)/t12-/m0/s1. The van der Waals surface area contributed by atoms with Crippen LogP contribution in [-0.4, -0.2) is 36.1 Å². The number of anilines is 2. The van der Waals surface area contributed by atoms with Crippen LogP contribution in [0.3, 0.4) is 0 Å². The first-order chi connectivity index (χ1) is 12.1. The van der Waals surface area contributed by atoms with Crippen molar-refractivity contribution in [3.05, 3.63) is 42.6 Å². The van der Waals surface area contributed by atoms with E-state index in [1.165, 1.54) is 4.90 Å². The maximum atomic E-state index is 12.5. The fraction of sp³-hybridized carbons (Fsp3) is 0.278. The molecule has 130 valence electrons. The molecule has 0 fully saturated rings. The zero-order valence-electron chi connectivity index (χ0n) is 14.1. The third-order valence-corrected chi connectivity index (χ3v) is 3.70. The van der Waals surface area contributed by atoms with Crippen LogP contribution in [0.2, 0.25) is 0 Å². The summed E-state index contributed by atoms with van der Waals surface area (Å²) in [6, 6.07) is 10.6. The van der Waals surface area contributed by atoms with Crippen LogP contribution < -0.4 is 19.7 Å². The van der Waals surface area contributed by atoms with Crippen molar-refractivity contribution in [2.75, 3.05) is 23.4 Å². The van der Waals surface area contributed by atoms with Crippen LogP contribution in [-0.2, 0) is 9.59 Å². The number of nitrogens with one attached hydrogen (secondary N) is 1. The Kier molecular flexibility index (Phi) is 4.83. The second kappa shape index (κ2) is 7.21. The van der Waals surface area contributed by atoms with Crippen molar-refractivity contribution >= 4 is 23.2 Å². The van der Waals surface area contributed by atoms with E-state index in [9.17, 15) is 9.59 Å². The molecule has 3 rings (SSSR count). The molecule has 0 radical (unpaired) electrons. The summed E-state index contributed by atoms with van der Waals surface area (Å²) in [5.41, 5.74) is 1.05. The minimum Gasteiger partial charge on any atom is -0.479 e. The molecule has 1 N–H and O–H groups in total. The lowest BCUT2D eigenvalue weighted by Crippen LogP contribution is -2.47. The molecule has 7 nitrogen and oxygen atoms in total. The van der Waals surface area contributed by atoms with Crippen LogP contribution in [0.4, 0.5) is 11.4 Å². The third kappa shape index (κ3) is 3.55. The number of aromatic nitrogens is 1. The van der Waals surface area contributed by atoms with Gasteiger partial charge in [0.15, 0.2) is 6.10 Å². The van der Waals surface area contributed by atoms with Gasteiger partial charge in [-0.25, -0.2) is 4.98 Å². The Morgan fingerprint density at radius 2 is 2.12 bits per heavy atom. The molecule has 0 unspecified atom stereocenters. The van der Waals surface area contributed by atoms with E-state index in [1.807, 2.05) is 13.0 Å². The van der Waals surface area contributed by atoms with E-state index in [4.69, 9.17) is 9.47 Å². The molecule has 0 bridgehead atoms. The zero-order chi connectivity index (χ0) is 17.8. The lowest BCUT2D eigenvalue weighted by molar-refractivity contribution is -0.127. The van der Waals surface area contributed by atoms with Crippen molar-refractivity contribution in [3.63, 3.8) is 0 Å². The highest BCUT2D eigenvalue weighted by Gasteiger charge is 2.32. The fourth-order valence-electron chi connectivity index (χ4n) is 2.59. The number of hydrogen-bond acceptors (Lipinski definition) is 5. The molecule has 1 aromatic heterocycles. The van der Waals surface area contributed by atoms with Gasteiger partial charge >= 0.3 is 0 Å². The maximum Gasteiger partial charge on any atom is 0.268 e. The van der Waals surface area contributed by atoms with E-state index in [-0.39, 0.29) is 18.4 Å². The number of ether oxygens (including phenoxy) is 2. The molecular formula is C18H19N3O4. The summed E-state index contributed by atoms with van der Waals surface area (Å²) in [5.74, 6) is 0.329. The van der Waals surface area contributed by atoms with Crippen molar-refractivity contribution in [1.82, 2.24) is 4.98 Å². The van der Waals surface area contributed by atoms with E-state index < -0.39 is 6.10 Å². The molecular weight excluding hydrogens is 322 g/mol. The molecule has 1 aliphatic rings. The van der Waals surface area contributed by atoms with E-state index in [0.717, 1.165) is 0 Å². The Morgan fingerprint density at radius 3 is 2.92 bits per heavy atom. The molecule has 0 spiro atoms. The molecule has 0 aliphatic carbocycles. The molecule has 1 aromatic carbocycles. The van der Waals surface area contributed by atoms with Crippen molar-refractivity contribution in [3.8, 4) is 11.6 Å². The van der Waals surface area contributed by atoms with E-state index >= 15 is 0 Å². The van der Waals surface area contributed by atoms with Crippen LogP contribution >= 0.6 is 0 Å². The quantitative estimate of drug-likeness (QED) is 0.902. The summed E-state index contributed by atoms with van der Waals surface area (Å²) in [5, 5.41) is 2.75. The highest BCUT2D eigenvalue weighted by molar-refractivity contribution is 6.06. The van der Waals surface area contributed by atoms with Gasteiger partial charge in [-0.2, -0.15) is 0 Å². The number of pyridine rings is 1. The molecule has 25 heavy (non-hydrogen) atoms. The Hall–Kier alpha value is -3.09. The van der Waals surface area contributed by atoms with Gasteiger partial charge in [-0.15, -0.1) is 0 Å².